The van der Waals surface area contributed by atoms with E-state index in [1.165, 1.54) is 0 Å². The third-order valence-electron chi connectivity index (χ3n) is 2.43. The number of carboxylic acid groups (broad SMARTS) is 1. The Balaban J connectivity index is 4.07. The predicted molar refractivity (Wildman–Crippen MR) is 69.2 cm³/mol. The maximum Gasteiger partial charge on any atom is 0.303 e. The van der Waals surface area contributed by atoms with Crippen LogP contribution in [-0.4, -0.2) is 30.1 Å². The molecule has 0 heterocycles. The van der Waals surface area contributed by atoms with Crippen molar-refractivity contribution in [2.45, 2.75) is 65.1 Å². The molecule has 19 heavy (non-hydrogen) atoms. The summed E-state index contributed by atoms with van der Waals surface area (Å²) in [6.07, 6.45) is 3.79. The van der Waals surface area contributed by atoms with E-state index in [1.807, 2.05) is 13.8 Å². The van der Waals surface area contributed by atoms with Crippen LogP contribution in [0.1, 0.15) is 59.3 Å². The number of hydrogen-bond acceptors (Lipinski definition) is 5. The molecule has 0 rings (SSSR count). The molecule has 0 aromatic carbocycles. The van der Waals surface area contributed by atoms with Gasteiger partial charge in [-0.25, -0.2) is 9.78 Å². The fourth-order valence-electron chi connectivity index (χ4n) is 1.17. The van der Waals surface area contributed by atoms with Crippen molar-refractivity contribution in [2.75, 3.05) is 13.2 Å². The average Bonchev–Trinajstić information content (AvgIpc) is 2.38. The monoisotopic (exact) mass is 278 g/mol. The first-order valence-electron chi connectivity index (χ1n) is 6.87. The van der Waals surface area contributed by atoms with E-state index in [1.54, 1.807) is 6.92 Å². The molecule has 0 aliphatic rings. The first-order valence-corrected chi connectivity index (χ1v) is 6.87. The second-order valence-corrected chi connectivity index (χ2v) is 4.55. The molecule has 0 aliphatic carbocycles. The van der Waals surface area contributed by atoms with Crippen molar-refractivity contribution in [3.63, 3.8) is 0 Å². The molecule has 0 radical (unpaired) electrons. The third-order valence-corrected chi connectivity index (χ3v) is 2.43. The summed E-state index contributed by atoms with van der Waals surface area (Å²) < 4.78 is 0. The molecule has 0 aromatic heterocycles. The van der Waals surface area contributed by atoms with Crippen LogP contribution in [0.4, 0.5) is 0 Å². The van der Waals surface area contributed by atoms with Gasteiger partial charge in [-0.05, 0) is 19.8 Å². The van der Waals surface area contributed by atoms with E-state index < -0.39 is 11.8 Å². The van der Waals surface area contributed by atoms with Crippen molar-refractivity contribution in [1.82, 2.24) is 0 Å². The van der Waals surface area contributed by atoms with Gasteiger partial charge in [-0.15, -0.1) is 0 Å². The Labute approximate surface area is 114 Å². The van der Waals surface area contributed by atoms with E-state index in [0.717, 1.165) is 25.7 Å². The summed E-state index contributed by atoms with van der Waals surface area (Å²) in [5, 5.41) is 8.70. The molecule has 0 aromatic rings. The summed E-state index contributed by atoms with van der Waals surface area (Å²) in [7, 11) is 0. The summed E-state index contributed by atoms with van der Waals surface area (Å²) in [5.41, 5.74) is 0. The predicted octanol–water partition coefficient (Wildman–Crippen LogP) is 3.06. The topological polar surface area (TPSA) is 74.2 Å². The standard InChI is InChI=1S/C13H26O6/c1-4-6-10-16-18-13(3,9-8-12(14)15)19-17-11-7-5-2/h4-11H2,1-3H3,(H,14,15). The Morgan fingerprint density at radius 2 is 1.53 bits per heavy atom. The van der Waals surface area contributed by atoms with Crippen molar-refractivity contribution < 1.29 is 29.5 Å². The van der Waals surface area contributed by atoms with E-state index in [4.69, 9.17) is 24.7 Å². The summed E-state index contributed by atoms with van der Waals surface area (Å²) >= 11 is 0. The summed E-state index contributed by atoms with van der Waals surface area (Å²) in [6.45, 7) is 6.57. The number of hydrogen-bond donors (Lipinski definition) is 1. The molecule has 0 fully saturated rings. The minimum Gasteiger partial charge on any atom is -0.481 e. The zero-order valence-corrected chi connectivity index (χ0v) is 12.1. The summed E-state index contributed by atoms with van der Waals surface area (Å²) in [6, 6.07) is 0. The molecule has 0 bridgehead atoms. The number of carbonyl (C=O) groups is 1. The second kappa shape index (κ2) is 11.2. The average molecular weight is 278 g/mol. The molecule has 0 unspecified atom stereocenters. The van der Waals surface area contributed by atoms with Crippen molar-refractivity contribution in [1.29, 1.82) is 0 Å². The molecular weight excluding hydrogens is 252 g/mol. The lowest BCUT2D eigenvalue weighted by Crippen LogP contribution is -2.33. The van der Waals surface area contributed by atoms with Crippen molar-refractivity contribution in [3.8, 4) is 0 Å². The quantitative estimate of drug-likeness (QED) is 0.241. The zero-order chi connectivity index (χ0) is 14.6. The molecule has 0 atom stereocenters. The van der Waals surface area contributed by atoms with E-state index in [9.17, 15) is 4.79 Å². The highest BCUT2D eigenvalue weighted by atomic mass is 17.3. The number of aliphatic carboxylic acids is 1. The van der Waals surface area contributed by atoms with Crippen LogP contribution < -0.4 is 0 Å². The molecule has 0 spiro atoms. The van der Waals surface area contributed by atoms with Crippen LogP contribution in [0.2, 0.25) is 0 Å². The Morgan fingerprint density at radius 3 is 1.89 bits per heavy atom. The summed E-state index contributed by atoms with van der Waals surface area (Å²) in [4.78, 5) is 31.0. The van der Waals surface area contributed by atoms with Gasteiger partial charge in [-0.3, -0.25) is 4.79 Å². The minimum atomic E-state index is -1.19. The number of carboxylic acids is 1. The SMILES string of the molecule is CCCCOOC(C)(CCC(=O)O)OOCCCC. The maximum absolute atomic E-state index is 10.6. The van der Waals surface area contributed by atoms with E-state index >= 15 is 0 Å². The smallest absolute Gasteiger partial charge is 0.303 e. The lowest BCUT2D eigenvalue weighted by Gasteiger charge is -2.26. The molecule has 0 amide bonds. The van der Waals surface area contributed by atoms with E-state index in [2.05, 4.69) is 0 Å². The molecule has 1 N–H and O–H groups in total. The van der Waals surface area contributed by atoms with Gasteiger partial charge in [-0.1, -0.05) is 26.7 Å². The van der Waals surface area contributed by atoms with Crippen LogP contribution in [-0.2, 0) is 24.3 Å². The van der Waals surface area contributed by atoms with E-state index in [-0.39, 0.29) is 12.8 Å². The van der Waals surface area contributed by atoms with Gasteiger partial charge < -0.3 is 5.11 Å². The van der Waals surface area contributed by atoms with Crippen LogP contribution in [0.3, 0.4) is 0 Å². The second-order valence-electron chi connectivity index (χ2n) is 4.55. The number of rotatable bonds is 13. The van der Waals surface area contributed by atoms with Gasteiger partial charge in [0.25, 0.3) is 0 Å². The molecule has 6 heteroatoms. The fourth-order valence-corrected chi connectivity index (χ4v) is 1.17. The highest BCUT2D eigenvalue weighted by Gasteiger charge is 2.30. The fraction of sp³-hybridized carbons (Fsp3) is 0.923. The first kappa shape index (κ1) is 18.3. The van der Waals surface area contributed by atoms with Gasteiger partial charge in [0.15, 0.2) is 0 Å². The zero-order valence-electron chi connectivity index (χ0n) is 12.1. The van der Waals surface area contributed by atoms with Gasteiger partial charge in [0.2, 0.25) is 5.79 Å². The molecule has 0 saturated heterocycles. The third kappa shape index (κ3) is 10.9. The van der Waals surface area contributed by atoms with Gasteiger partial charge in [0.1, 0.15) is 0 Å². The van der Waals surface area contributed by atoms with Crippen LogP contribution in [0, 0.1) is 0 Å². The largest absolute Gasteiger partial charge is 0.481 e. The molecular formula is C13H26O6. The molecule has 0 aliphatic heterocycles. The molecule has 114 valence electrons. The van der Waals surface area contributed by atoms with Crippen LogP contribution in [0.15, 0.2) is 0 Å². The first-order chi connectivity index (χ1) is 9.04. The lowest BCUT2D eigenvalue weighted by molar-refractivity contribution is -0.507. The normalized spacial score (nSPS) is 11.7. The highest BCUT2D eigenvalue weighted by molar-refractivity contribution is 5.66. The Kier molecular flexibility index (Phi) is 10.8. The highest BCUT2D eigenvalue weighted by Crippen LogP contribution is 2.21. The molecule has 6 nitrogen and oxygen atoms in total. The van der Waals surface area contributed by atoms with Crippen LogP contribution >= 0.6 is 0 Å². The van der Waals surface area contributed by atoms with Crippen molar-refractivity contribution in [3.05, 3.63) is 0 Å². The lowest BCUT2D eigenvalue weighted by atomic mass is 10.2. The Hall–Kier alpha value is -0.690. The van der Waals surface area contributed by atoms with Crippen molar-refractivity contribution in [2.24, 2.45) is 0 Å². The van der Waals surface area contributed by atoms with Gasteiger partial charge >= 0.3 is 5.97 Å². The number of unbranched alkanes of at least 4 members (excludes halogenated alkanes) is 2. The van der Waals surface area contributed by atoms with Crippen LogP contribution in [0.5, 0.6) is 0 Å². The summed E-state index contributed by atoms with van der Waals surface area (Å²) in [5.74, 6) is -2.11. The maximum atomic E-state index is 10.6. The van der Waals surface area contributed by atoms with Gasteiger partial charge in [-0.2, -0.15) is 9.78 Å². The minimum absolute atomic E-state index is 0.0786. The molecule has 0 saturated carbocycles. The van der Waals surface area contributed by atoms with Crippen LogP contribution in [0.25, 0.3) is 0 Å². The Bertz CT molecular complexity index is 219. The van der Waals surface area contributed by atoms with Crippen molar-refractivity contribution >= 4 is 5.97 Å². The Morgan fingerprint density at radius 1 is 1.05 bits per heavy atom. The van der Waals surface area contributed by atoms with Gasteiger partial charge in [0.05, 0.1) is 19.6 Å². The van der Waals surface area contributed by atoms with Gasteiger partial charge in [0, 0.05) is 6.42 Å². The van der Waals surface area contributed by atoms with E-state index in [0.29, 0.717) is 13.2 Å².